The lowest BCUT2D eigenvalue weighted by Gasteiger charge is -2.36. The Labute approximate surface area is 191 Å². The van der Waals surface area contributed by atoms with Crippen molar-refractivity contribution >= 4 is 21.6 Å². The van der Waals surface area contributed by atoms with E-state index >= 15 is 0 Å². The number of anilines is 1. The van der Waals surface area contributed by atoms with Gasteiger partial charge in [0, 0.05) is 50.5 Å². The normalized spacial score (nSPS) is 22.7. The molecule has 2 aliphatic rings. The highest BCUT2D eigenvalue weighted by Crippen LogP contribution is 2.27. The Morgan fingerprint density at radius 2 is 1.56 bits per heavy atom. The number of aryl methyl sites for hydroxylation is 1. The molecule has 32 heavy (non-hydrogen) atoms. The number of piperazine rings is 1. The number of amides is 1. The third-order valence-corrected chi connectivity index (χ3v) is 8.32. The summed E-state index contributed by atoms with van der Waals surface area (Å²) < 4.78 is 28.1. The Morgan fingerprint density at radius 3 is 2.22 bits per heavy atom. The van der Waals surface area contributed by atoms with Crippen LogP contribution in [0.15, 0.2) is 53.4 Å². The maximum Gasteiger partial charge on any atom is 0.254 e. The van der Waals surface area contributed by atoms with Gasteiger partial charge in [-0.1, -0.05) is 32.0 Å². The van der Waals surface area contributed by atoms with E-state index < -0.39 is 10.0 Å². The Hall–Kier alpha value is -2.38. The van der Waals surface area contributed by atoms with Gasteiger partial charge in [-0.2, -0.15) is 4.31 Å². The average Bonchev–Trinajstić information content (AvgIpc) is 2.78. The highest BCUT2D eigenvalue weighted by atomic mass is 32.2. The van der Waals surface area contributed by atoms with Crippen LogP contribution in [0, 0.1) is 18.8 Å². The van der Waals surface area contributed by atoms with Crippen LogP contribution in [0.3, 0.4) is 0 Å². The fourth-order valence-corrected chi connectivity index (χ4v) is 6.64. The molecule has 0 aromatic heterocycles. The standard InChI is InChI=1S/C25H33N3O3S/c1-19-6-4-8-23(15-19)26-10-12-27(13-11-26)25(29)22-7-5-9-24(16-22)32(30,31)28-17-20(2)14-21(3)18-28/h4-9,15-16,20-21H,10-14,17-18H2,1-3H3. The number of hydrogen-bond acceptors (Lipinski definition) is 4. The molecule has 1 amide bonds. The molecule has 0 N–H and O–H groups in total. The number of hydrogen-bond donors (Lipinski definition) is 0. The smallest absolute Gasteiger partial charge is 0.254 e. The molecule has 2 aromatic carbocycles. The topological polar surface area (TPSA) is 60.9 Å². The number of piperidine rings is 1. The van der Waals surface area contributed by atoms with Crippen molar-refractivity contribution in [3.63, 3.8) is 0 Å². The molecule has 0 spiro atoms. The van der Waals surface area contributed by atoms with E-state index in [0.29, 0.717) is 43.6 Å². The zero-order valence-electron chi connectivity index (χ0n) is 19.2. The van der Waals surface area contributed by atoms with Crippen molar-refractivity contribution in [3.8, 4) is 0 Å². The molecule has 0 radical (unpaired) electrons. The minimum absolute atomic E-state index is 0.105. The first kappa shape index (κ1) is 22.8. The summed E-state index contributed by atoms with van der Waals surface area (Å²) in [6, 6.07) is 14.9. The fourth-order valence-electron chi connectivity index (χ4n) is 4.92. The van der Waals surface area contributed by atoms with E-state index in [-0.39, 0.29) is 10.8 Å². The fraction of sp³-hybridized carbons (Fsp3) is 0.480. The molecule has 172 valence electrons. The molecule has 2 saturated heterocycles. The van der Waals surface area contributed by atoms with E-state index in [2.05, 4.69) is 49.9 Å². The van der Waals surface area contributed by atoms with Gasteiger partial charge in [-0.15, -0.1) is 0 Å². The third kappa shape index (κ3) is 4.84. The van der Waals surface area contributed by atoms with Crippen LogP contribution in [0.2, 0.25) is 0 Å². The largest absolute Gasteiger partial charge is 0.368 e. The van der Waals surface area contributed by atoms with Crippen LogP contribution in [0.5, 0.6) is 0 Å². The highest BCUT2D eigenvalue weighted by molar-refractivity contribution is 7.89. The summed E-state index contributed by atoms with van der Waals surface area (Å²) in [7, 11) is -3.61. The number of carbonyl (C=O) groups is 1. The Kier molecular flexibility index (Phi) is 6.58. The lowest BCUT2D eigenvalue weighted by atomic mass is 9.94. The molecule has 2 aromatic rings. The first-order valence-electron chi connectivity index (χ1n) is 11.4. The molecule has 2 heterocycles. The van der Waals surface area contributed by atoms with Crippen molar-refractivity contribution in [2.75, 3.05) is 44.2 Å². The van der Waals surface area contributed by atoms with Crippen LogP contribution >= 0.6 is 0 Å². The van der Waals surface area contributed by atoms with Crippen molar-refractivity contribution in [3.05, 3.63) is 59.7 Å². The van der Waals surface area contributed by atoms with E-state index in [1.54, 1.807) is 28.6 Å². The summed E-state index contributed by atoms with van der Waals surface area (Å²) in [6.07, 6.45) is 1.04. The van der Waals surface area contributed by atoms with Gasteiger partial charge in [0.05, 0.1) is 4.90 Å². The Morgan fingerprint density at radius 1 is 0.906 bits per heavy atom. The predicted molar refractivity (Wildman–Crippen MR) is 127 cm³/mol. The molecule has 2 fully saturated rings. The van der Waals surface area contributed by atoms with Gasteiger partial charge in [0.1, 0.15) is 0 Å². The zero-order chi connectivity index (χ0) is 22.9. The van der Waals surface area contributed by atoms with E-state index in [9.17, 15) is 13.2 Å². The predicted octanol–water partition coefficient (Wildman–Crippen LogP) is 3.62. The van der Waals surface area contributed by atoms with E-state index in [4.69, 9.17) is 0 Å². The Balaban J connectivity index is 1.46. The Bertz CT molecular complexity index is 1070. The molecular weight excluding hydrogens is 422 g/mol. The molecule has 2 atom stereocenters. The molecule has 2 unspecified atom stereocenters. The maximum atomic E-state index is 13.3. The highest BCUT2D eigenvalue weighted by Gasteiger charge is 2.32. The first-order valence-corrected chi connectivity index (χ1v) is 12.9. The summed E-state index contributed by atoms with van der Waals surface area (Å²) in [6.45, 7) is 10.1. The molecule has 0 aliphatic carbocycles. The van der Waals surface area contributed by atoms with Crippen molar-refractivity contribution in [2.24, 2.45) is 11.8 Å². The van der Waals surface area contributed by atoms with E-state index in [0.717, 1.165) is 19.5 Å². The number of carbonyl (C=O) groups excluding carboxylic acids is 1. The molecule has 2 aliphatic heterocycles. The van der Waals surface area contributed by atoms with Crippen LogP contribution < -0.4 is 4.90 Å². The third-order valence-electron chi connectivity index (χ3n) is 6.49. The van der Waals surface area contributed by atoms with Crippen LogP contribution in [-0.2, 0) is 10.0 Å². The minimum atomic E-state index is -3.61. The van der Waals surface area contributed by atoms with E-state index in [1.807, 2.05) is 4.90 Å². The van der Waals surface area contributed by atoms with Crippen molar-refractivity contribution in [2.45, 2.75) is 32.1 Å². The second-order valence-corrected chi connectivity index (χ2v) is 11.4. The maximum absolute atomic E-state index is 13.3. The summed E-state index contributed by atoms with van der Waals surface area (Å²) in [4.78, 5) is 17.5. The van der Waals surface area contributed by atoms with Gasteiger partial charge in [-0.25, -0.2) is 8.42 Å². The quantitative estimate of drug-likeness (QED) is 0.707. The van der Waals surface area contributed by atoms with Gasteiger partial charge < -0.3 is 9.80 Å². The van der Waals surface area contributed by atoms with Crippen LogP contribution in [-0.4, -0.2) is 62.8 Å². The number of nitrogens with zero attached hydrogens (tertiary/aromatic N) is 3. The summed E-state index contributed by atoms with van der Waals surface area (Å²) >= 11 is 0. The molecule has 0 saturated carbocycles. The van der Waals surface area contributed by atoms with Crippen LogP contribution in [0.1, 0.15) is 36.2 Å². The number of sulfonamides is 1. The summed E-state index contributed by atoms with van der Waals surface area (Å²) in [5.74, 6) is 0.567. The second kappa shape index (κ2) is 9.24. The molecule has 7 heteroatoms. The van der Waals surface area contributed by atoms with E-state index in [1.165, 1.54) is 11.3 Å². The monoisotopic (exact) mass is 455 g/mol. The second-order valence-electron chi connectivity index (χ2n) is 9.41. The van der Waals surface area contributed by atoms with Crippen molar-refractivity contribution in [1.82, 2.24) is 9.21 Å². The van der Waals surface area contributed by atoms with Crippen molar-refractivity contribution < 1.29 is 13.2 Å². The minimum Gasteiger partial charge on any atom is -0.368 e. The summed E-state index contributed by atoms with van der Waals surface area (Å²) in [5.41, 5.74) is 2.83. The lowest BCUT2D eigenvalue weighted by Crippen LogP contribution is -2.48. The summed E-state index contributed by atoms with van der Waals surface area (Å²) in [5, 5.41) is 0. The molecular formula is C25H33N3O3S. The van der Waals surface area contributed by atoms with Gasteiger partial charge >= 0.3 is 0 Å². The van der Waals surface area contributed by atoms with Crippen LogP contribution in [0.4, 0.5) is 5.69 Å². The van der Waals surface area contributed by atoms with Crippen molar-refractivity contribution in [1.29, 1.82) is 0 Å². The first-order chi connectivity index (χ1) is 15.2. The number of benzene rings is 2. The lowest BCUT2D eigenvalue weighted by molar-refractivity contribution is 0.0746. The molecule has 0 bridgehead atoms. The average molecular weight is 456 g/mol. The molecule has 6 nitrogen and oxygen atoms in total. The SMILES string of the molecule is Cc1cccc(N2CCN(C(=O)c3cccc(S(=O)(=O)N4CC(C)CC(C)C4)c3)CC2)c1. The molecule has 4 rings (SSSR count). The van der Waals surface area contributed by atoms with Crippen LogP contribution in [0.25, 0.3) is 0 Å². The van der Waals surface area contributed by atoms with Gasteiger partial charge in [0.2, 0.25) is 10.0 Å². The van der Waals surface area contributed by atoms with Gasteiger partial charge in [0.25, 0.3) is 5.91 Å². The van der Waals surface area contributed by atoms with Gasteiger partial charge in [0.15, 0.2) is 0 Å². The number of rotatable bonds is 4. The zero-order valence-corrected chi connectivity index (χ0v) is 20.0. The van der Waals surface area contributed by atoms with Gasteiger partial charge in [-0.05, 0) is 61.1 Å². The van der Waals surface area contributed by atoms with Gasteiger partial charge in [-0.3, -0.25) is 4.79 Å².